The number of hydrogen-bond acceptors (Lipinski definition) is 4. The molecule has 0 fully saturated rings. The van der Waals surface area contributed by atoms with Gasteiger partial charge in [0, 0.05) is 10.6 Å². The molecule has 2 rings (SSSR count). The van der Waals surface area contributed by atoms with E-state index in [-0.39, 0.29) is 12.6 Å². The molecule has 1 atom stereocenters. The standard InChI is InChI=1S/C12H16N2OS/c1-8-12(16-7-14-8)10-4-2-9(3-5-10)11(13)6-15/h2-5,11,14-15H,6-7,13H2,1H3. The van der Waals surface area contributed by atoms with Crippen LogP contribution < -0.4 is 11.1 Å². The largest absolute Gasteiger partial charge is 0.394 e. The summed E-state index contributed by atoms with van der Waals surface area (Å²) in [5.41, 5.74) is 9.15. The lowest BCUT2D eigenvalue weighted by molar-refractivity contribution is 0.268. The number of thioether (sulfide) groups is 1. The van der Waals surface area contributed by atoms with Crippen LogP contribution in [0.2, 0.25) is 0 Å². The summed E-state index contributed by atoms with van der Waals surface area (Å²) in [7, 11) is 0. The van der Waals surface area contributed by atoms with Crippen molar-refractivity contribution in [3.8, 4) is 0 Å². The zero-order chi connectivity index (χ0) is 11.5. The molecule has 0 bridgehead atoms. The lowest BCUT2D eigenvalue weighted by Gasteiger charge is -2.09. The number of allylic oxidation sites excluding steroid dienone is 1. The van der Waals surface area contributed by atoms with Crippen LogP contribution in [0.1, 0.15) is 24.1 Å². The average Bonchev–Trinajstić information content (AvgIpc) is 2.75. The number of benzene rings is 1. The number of nitrogens with two attached hydrogens (primary N) is 1. The predicted molar refractivity (Wildman–Crippen MR) is 68.6 cm³/mol. The Morgan fingerprint density at radius 2 is 2.12 bits per heavy atom. The SMILES string of the molecule is CC1=C(c2ccc(C(N)CO)cc2)SCN1. The first-order chi connectivity index (χ1) is 7.72. The van der Waals surface area contributed by atoms with Crippen LogP contribution in [-0.4, -0.2) is 17.6 Å². The van der Waals surface area contributed by atoms with Crippen molar-refractivity contribution in [2.24, 2.45) is 5.73 Å². The molecule has 4 N–H and O–H groups in total. The average molecular weight is 236 g/mol. The van der Waals surface area contributed by atoms with E-state index in [1.54, 1.807) is 0 Å². The third-order valence-corrected chi connectivity index (χ3v) is 3.81. The van der Waals surface area contributed by atoms with E-state index in [0.29, 0.717) is 0 Å². The number of aliphatic hydroxyl groups is 1. The van der Waals surface area contributed by atoms with Gasteiger partial charge in [0.2, 0.25) is 0 Å². The summed E-state index contributed by atoms with van der Waals surface area (Å²) in [6.45, 7) is 2.07. The summed E-state index contributed by atoms with van der Waals surface area (Å²) in [6, 6.07) is 7.80. The van der Waals surface area contributed by atoms with Gasteiger partial charge in [-0.05, 0) is 18.1 Å². The predicted octanol–water partition coefficient (Wildman–Crippen LogP) is 1.66. The summed E-state index contributed by atoms with van der Waals surface area (Å²) in [5, 5.41) is 12.3. The van der Waals surface area contributed by atoms with Crippen LogP contribution in [0.25, 0.3) is 4.91 Å². The highest BCUT2D eigenvalue weighted by Gasteiger charge is 2.13. The smallest absolute Gasteiger partial charge is 0.0655 e. The van der Waals surface area contributed by atoms with Gasteiger partial charge in [0.1, 0.15) is 0 Å². The topological polar surface area (TPSA) is 58.3 Å². The molecule has 0 amide bonds. The molecular weight excluding hydrogens is 220 g/mol. The molecular formula is C12H16N2OS. The van der Waals surface area contributed by atoms with Crippen LogP contribution in [0, 0.1) is 0 Å². The van der Waals surface area contributed by atoms with Gasteiger partial charge in [0.05, 0.1) is 18.5 Å². The van der Waals surface area contributed by atoms with Gasteiger partial charge < -0.3 is 16.2 Å². The van der Waals surface area contributed by atoms with Crippen molar-refractivity contribution < 1.29 is 5.11 Å². The van der Waals surface area contributed by atoms with Gasteiger partial charge in [-0.1, -0.05) is 24.3 Å². The van der Waals surface area contributed by atoms with Crippen LogP contribution in [0.15, 0.2) is 30.0 Å². The first-order valence-corrected chi connectivity index (χ1v) is 6.25. The minimum Gasteiger partial charge on any atom is -0.394 e. The first kappa shape index (κ1) is 11.5. The van der Waals surface area contributed by atoms with Crippen molar-refractivity contribution in [1.82, 2.24) is 5.32 Å². The Kier molecular flexibility index (Phi) is 3.53. The number of rotatable bonds is 3. The second-order valence-electron chi connectivity index (χ2n) is 3.83. The third-order valence-electron chi connectivity index (χ3n) is 2.69. The molecule has 86 valence electrons. The second kappa shape index (κ2) is 4.91. The van der Waals surface area contributed by atoms with E-state index < -0.39 is 0 Å². The van der Waals surface area contributed by atoms with Gasteiger partial charge in [0.15, 0.2) is 0 Å². The van der Waals surface area contributed by atoms with E-state index in [1.807, 2.05) is 23.9 Å². The highest BCUT2D eigenvalue weighted by molar-refractivity contribution is 8.08. The number of aliphatic hydroxyl groups excluding tert-OH is 1. The Labute approximate surface area is 99.7 Å². The summed E-state index contributed by atoms with van der Waals surface area (Å²) >= 11 is 1.81. The molecule has 3 nitrogen and oxygen atoms in total. The van der Waals surface area contributed by atoms with Crippen molar-refractivity contribution in [3.63, 3.8) is 0 Å². The van der Waals surface area contributed by atoms with Gasteiger partial charge in [-0.2, -0.15) is 0 Å². The summed E-state index contributed by atoms with van der Waals surface area (Å²) in [5.74, 6) is 0.944. The third kappa shape index (κ3) is 2.24. The van der Waals surface area contributed by atoms with Gasteiger partial charge in [-0.25, -0.2) is 0 Å². The van der Waals surface area contributed by atoms with E-state index in [2.05, 4.69) is 24.4 Å². The molecule has 0 aromatic heterocycles. The van der Waals surface area contributed by atoms with Gasteiger partial charge >= 0.3 is 0 Å². The zero-order valence-corrected chi connectivity index (χ0v) is 10.1. The fourth-order valence-electron chi connectivity index (χ4n) is 1.69. The maximum atomic E-state index is 8.96. The second-order valence-corrected chi connectivity index (χ2v) is 4.82. The fraction of sp³-hybridized carbons (Fsp3) is 0.333. The number of nitrogens with one attached hydrogen (secondary N) is 1. The molecule has 1 aliphatic rings. The van der Waals surface area contributed by atoms with Crippen LogP contribution in [-0.2, 0) is 0 Å². The molecule has 0 saturated heterocycles. The van der Waals surface area contributed by atoms with Crippen molar-refractivity contribution in [2.75, 3.05) is 12.5 Å². The molecule has 16 heavy (non-hydrogen) atoms. The minimum absolute atomic E-state index is 0.0165. The van der Waals surface area contributed by atoms with Crippen LogP contribution in [0.4, 0.5) is 0 Å². The molecule has 0 spiro atoms. The summed E-state index contributed by atoms with van der Waals surface area (Å²) in [6.07, 6.45) is 0. The van der Waals surface area contributed by atoms with Crippen molar-refractivity contribution in [3.05, 3.63) is 41.1 Å². The quantitative estimate of drug-likeness (QED) is 0.747. The Bertz CT molecular complexity index is 400. The van der Waals surface area contributed by atoms with E-state index >= 15 is 0 Å². The van der Waals surface area contributed by atoms with Crippen LogP contribution in [0.3, 0.4) is 0 Å². The summed E-state index contributed by atoms with van der Waals surface area (Å²) < 4.78 is 0. The Morgan fingerprint density at radius 1 is 1.44 bits per heavy atom. The molecule has 1 unspecified atom stereocenters. The Hall–Kier alpha value is -0.970. The normalized spacial score (nSPS) is 17.4. The molecule has 1 heterocycles. The molecule has 1 aliphatic heterocycles. The summed E-state index contributed by atoms with van der Waals surface area (Å²) in [4.78, 5) is 1.30. The Balaban J connectivity index is 2.23. The van der Waals surface area contributed by atoms with Gasteiger partial charge in [-0.3, -0.25) is 0 Å². The fourth-order valence-corrected chi connectivity index (χ4v) is 2.72. The molecule has 1 aromatic carbocycles. The van der Waals surface area contributed by atoms with Crippen molar-refractivity contribution >= 4 is 16.7 Å². The first-order valence-electron chi connectivity index (χ1n) is 5.26. The maximum absolute atomic E-state index is 8.96. The monoisotopic (exact) mass is 236 g/mol. The highest BCUT2D eigenvalue weighted by atomic mass is 32.2. The van der Waals surface area contributed by atoms with Crippen LogP contribution >= 0.6 is 11.8 Å². The molecule has 4 heteroatoms. The highest BCUT2D eigenvalue weighted by Crippen LogP contribution is 2.33. The minimum atomic E-state index is -0.279. The van der Waals surface area contributed by atoms with E-state index in [0.717, 1.165) is 11.4 Å². The molecule has 0 aliphatic carbocycles. The zero-order valence-electron chi connectivity index (χ0n) is 9.23. The van der Waals surface area contributed by atoms with Gasteiger partial charge in [-0.15, -0.1) is 11.8 Å². The maximum Gasteiger partial charge on any atom is 0.0655 e. The van der Waals surface area contributed by atoms with E-state index in [4.69, 9.17) is 10.8 Å². The van der Waals surface area contributed by atoms with Crippen molar-refractivity contribution in [2.45, 2.75) is 13.0 Å². The number of hydrogen-bond donors (Lipinski definition) is 3. The molecule has 0 saturated carbocycles. The van der Waals surface area contributed by atoms with Gasteiger partial charge in [0.25, 0.3) is 0 Å². The molecule has 0 radical (unpaired) electrons. The van der Waals surface area contributed by atoms with E-state index in [9.17, 15) is 0 Å². The Morgan fingerprint density at radius 3 is 2.62 bits per heavy atom. The molecule has 1 aromatic rings. The van der Waals surface area contributed by atoms with E-state index in [1.165, 1.54) is 16.2 Å². The van der Waals surface area contributed by atoms with Crippen molar-refractivity contribution in [1.29, 1.82) is 0 Å². The van der Waals surface area contributed by atoms with Crippen LogP contribution in [0.5, 0.6) is 0 Å². The lowest BCUT2D eigenvalue weighted by Crippen LogP contribution is -2.14. The lowest BCUT2D eigenvalue weighted by atomic mass is 10.1.